The average Bonchev–Trinajstić information content (AvgIpc) is 2.34. The van der Waals surface area contributed by atoms with E-state index in [1.807, 2.05) is 18.7 Å². The molecule has 0 bridgehead atoms. The van der Waals surface area contributed by atoms with Gasteiger partial charge in [0.25, 0.3) is 0 Å². The van der Waals surface area contributed by atoms with Crippen LogP contribution < -0.4 is 5.73 Å². The van der Waals surface area contributed by atoms with Gasteiger partial charge in [-0.15, -0.1) is 24.0 Å². The highest BCUT2D eigenvalue weighted by Gasteiger charge is 2.08. The van der Waals surface area contributed by atoms with E-state index in [9.17, 15) is 8.78 Å². The van der Waals surface area contributed by atoms with E-state index in [0.29, 0.717) is 5.96 Å². The first-order valence-electron chi connectivity index (χ1n) is 6.07. The van der Waals surface area contributed by atoms with Crippen LogP contribution in [0.2, 0.25) is 0 Å². The molecule has 0 aliphatic carbocycles. The summed E-state index contributed by atoms with van der Waals surface area (Å²) < 4.78 is 26.7. The Bertz CT molecular complexity index is 400. The number of hydrogen-bond donors (Lipinski definition) is 1. The molecular formula is C13H20F2IN3. The molecule has 0 fully saturated rings. The van der Waals surface area contributed by atoms with E-state index in [4.69, 9.17) is 5.73 Å². The van der Waals surface area contributed by atoms with Gasteiger partial charge in [0.15, 0.2) is 5.96 Å². The van der Waals surface area contributed by atoms with Crippen LogP contribution in [0.3, 0.4) is 0 Å². The molecule has 0 saturated carbocycles. The SMILES string of the molecule is CCN(CC)C(N)=NCCc1c(F)cccc1F.I. The van der Waals surface area contributed by atoms with Gasteiger partial charge in [-0.1, -0.05) is 6.07 Å². The molecule has 0 aliphatic heterocycles. The molecule has 108 valence electrons. The van der Waals surface area contributed by atoms with Crippen molar-refractivity contribution in [2.24, 2.45) is 10.7 Å². The highest BCUT2D eigenvalue weighted by molar-refractivity contribution is 14.0. The van der Waals surface area contributed by atoms with Gasteiger partial charge in [0.1, 0.15) is 11.6 Å². The Kier molecular flexibility index (Phi) is 8.62. The van der Waals surface area contributed by atoms with Gasteiger partial charge in [0, 0.05) is 25.2 Å². The Hall–Kier alpha value is -0.920. The maximum absolute atomic E-state index is 13.3. The van der Waals surface area contributed by atoms with Gasteiger partial charge in [0.2, 0.25) is 0 Å². The van der Waals surface area contributed by atoms with Gasteiger partial charge in [0.05, 0.1) is 0 Å². The summed E-state index contributed by atoms with van der Waals surface area (Å²) in [6, 6.07) is 3.84. The number of nitrogens with two attached hydrogens (primary N) is 1. The van der Waals surface area contributed by atoms with Gasteiger partial charge in [-0.05, 0) is 32.4 Å². The number of guanidine groups is 1. The third-order valence-corrected chi connectivity index (χ3v) is 2.78. The van der Waals surface area contributed by atoms with Crippen molar-refractivity contribution in [3.63, 3.8) is 0 Å². The van der Waals surface area contributed by atoms with Crippen molar-refractivity contribution in [1.29, 1.82) is 0 Å². The first-order valence-corrected chi connectivity index (χ1v) is 6.07. The Balaban J connectivity index is 0.00000324. The van der Waals surface area contributed by atoms with Gasteiger partial charge in [-0.25, -0.2) is 8.78 Å². The molecule has 0 saturated heterocycles. The van der Waals surface area contributed by atoms with E-state index in [0.717, 1.165) is 13.1 Å². The predicted octanol–water partition coefficient (Wildman–Crippen LogP) is 2.78. The normalized spacial score (nSPS) is 11.1. The summed E-state index contributed by atoms with van der Waals surface area (Å²) in [5.41, 5.74) is 5.83. The lowest BCUT2D eigenvalue weighted by Crippen LogP contribution is -2.37. The molecule has 2 N–H and O–H groups in total. The smallest absolute Gasteiger partial charge is 0.191 e. The molecule has 0 amide bonds. The second-order valence-corrected chi connectivity index (χ2v) is 3.86. The minimum atomic E-state index is -0.536. The lowest BCUT2D eigenvalue weighted by Gasteiger charge is -2.19. The van der Waals surface area contributed by atoms with E-state index in [1.165, 1.54) is 18.2 Å². The minimum Gasteiger partial charge on any atom is -0.370 e. The van der Waals surface area contributed by atoms with Crippen molar-refractivity contribution < 1.29 is 8.78 Å². The topological polar surface area (TPSA) is 41.6 Å². The van der Waals surface area contributed by atoms with Crippen molar-refractivity contribution in [3.05, 3.63) is 35.4 Å². The third kappa shape index (κ3) is 5.30. The molecule has 19 heavy (non-hydrogen) atoms. The molecule has 6 heteroatoms. The van der Waals surface area contributed by atoms with Gasteiger partial charge >= 0.3 is 0 Å². The number of halogens is 3. The molecule has 0 spiro atoms. The molecule has 0 aliphatic rings. The Morgan fingerprint density at radius 2 is 1.74 bits per heavy atom. The highest BCUT2D eigenvalue weighted by atomic mass is 127. The first-order chi connectivity index (χ1) is 8.60. The lowest BCUT2D eigenvalue weighted by atomic mass is 10.1. The quantitative estimate of drug-likeness (QED) is 0.483. The second kappa shape index (κ2) is 9.06. The molecule has 1 aromatic rings. The van der Waals surface area contributed by atoms with Crippen LogP contribution in [0.1, 0.15) is 19.4 Å². The number of benzene rings is 1. The van der Waals surface area contributed by atoms with Crippen LogP contribution in [-0.4, -0.2) is 30.5 Å². The van der Waals surface area contributed by atoms with Gasteiger partial charge in [-0.3, -0.25) is 4.99 Å². The lowest BCUT2D eigenvalue weighted by molar-refractivity contribution is 0.458. The van der Waals surface area contributed by atoms with E-state index >= 15 is 0 Å². The molecule has 0 radical (unpaired) electrons. The maximum atomic E-state index is 13.3. The summed E-state index contributed by atoms with van der Waals surface area (Å²) in [6.45, 7) is 5.75. The summed E-state index contributed by atoms with van der Waals surface area (Å²) in [7, 11) is 0. The molecule has 1 rings (SSSR count). The van der Waals surface area contributed by atoms with Crippen LogP contribution in [0.15, 0.2) is 23.2 Å². The minimum absolute atomic E-state index is 0. The molecule has 0 atom stereocenters. The molecule has 3 nitrogen and oxygen atoms in total. The van der Waals surface area contributed by atoms with Crippen LogP contribution in [0, 0.1) is 11.6 Å². The second-order valence-electron chi connectivity index (χ2n) is 3.86. The summed E-state index contributed by atoms with van der Waals surface area (Å²) in [5.74, 6) is -0.657. The van der Waals surface area contributed by atoms with Crippen molar-refractivity contribution in [3.8, 4) is 0 Å². The predicted molar refractivity (Wildman–Crippen MR) is 84.9 cm³/mol. The molecule has 0 heterocycles. The number of aliphatic imine (C=N–C) groups is 1. The summed E-state index contributed by atoms with van der Waals surface area (Å²) in [5, 5.41) is 0. The van der Waals surface area contributed by atoms with Crippen LogP contribution in [0.4, 0.5) is 8.78 Å². The van der Waals surface area contributed by atoms with Crippen molar-refractivity contribution >= 4 is 29.9 Å². The summed E-state index contributed by atoms with van der Waals surface area (Å²) in [6.07, 6.45) is 0.209. The first kappa shape index (κ1) is 18.1. The highest BCUT2D eigenvalue weighted by Crippen LogP contribution is 2.12. The molecular weight excluding hydrogens is 363 g/mol. The van der Waals surface area contributed by atoms with Crippen LogP contribution in [0.5, 0.6) is 0 Å². The zero-order valence-electron chi connectivity index (χ0n) is 11.2. The van der Waals surface area contributed by atoms with Crippen LogP contribution >= 0.6 is 24.0 Å². The zero-order chi connectivity index (χ0) is 13.5. The monoisotopic (exact) mass is 383 g/mol. The van der Waals surface area contributed by atoms with Crippen molar-refractivity contribution in [1.82, 2.24) is 4.90 Å². The Labute approximate surface area is 129 Å². The molecule has 1 aromatic carbocycles. The Morgan fingerprint density at radius 3 is 2.21 bits per heavy atom. The Morgan fingerprint density at radius 1 is 1.21 bits per heavy atom. The maximum Gasteiger partial charge on any atom is 0.191 e. The fraction of sp³-hybridized carbons (Fsp3) is 0.462. The van der Waals surface area contributed by atoms with Crippen LogP contribution in [-0.2, 0) is 6.42 Å². The standard InChI is InChI=1S/C13H19F2N3.HI/c1-3-18(4-2)13(16)17-9-8-10-11(14)6-5-7-12(10)15;/h5-7H,3-4,8-9H2,1-2H3,(H2,16,17);1H. The zero-order valence-corrected chi connectivity index (χ0v) is 13.5. The van der Waals surface area contributed by atoms with E-state index in [2.05, 4.69) is 4.99 Å². The van der Waals surface area contributed by atoms with Crippen molar-refractivity contribution in [2.75, 3.05) is 19.6 Å². The molecule has 0 aromatic heterocycles. The van der Waals surface area contributed by atoms with Crippen LogP contribution in [0.25, 0.3) is 0 Å². The van der Waals surface area contributed by atoms with Crippen molar-refractivity contribution in [2.45, 2.75) is 20.3 Å². The van der Waals surface area contributed by atoms with Gasteiger partial charge < -0.3 is 10.6 Å². The fourth-order valence-electron chi connectivity index (χ4n) is 1.70. The summed E-state index contributed by atoms with van der Waals surface area (Å²) >= 11 is 0. The van der Waals surface area contributed by atoms with Gasteiger partial charge in [-0.2, -0.15) is 0 Å². The average molecular weight is 383 g/mol. The third-order valence-electron chi connectivity index (χ3n) is 2.78. The summed E-state index contributed by atoms with van der Waals surface area (Å²) in [4.78, 5) is 6.02. The number of hydrogen-bond acceptors (Lipinski definition) is 1. The van der Waals surface area contributed by atoms with E-state index < -0.39 is 11.6 Å². The van der Waals surface area contributed by atoms with E-state index in [1.54, 1.807) is 0 Å². The van der Waals surface area contributed by atoms with E-state index in [-0.39, 0.29) is 42.5 Å². The molecule has 0 unspecified atom stereocenters. The largest absolute Gasteiger partial charge is 0.370 e. The fourth-order valence-corrected chi connectivity index (χ4v) is 1.70. The number of rotatable bonds is 5. The number of nitrogens with zero attached hydrogens (tertiary/aromatic N) is 2.